The summed E-state index contributed by atoms with van der Waals surface area (Å²) in [5, 5.41) is 3.50. The van der Waals surface area contributed by atoms with E-state index in [1.165, 1.54) is 22.5 Å². The third-order valence-corrected chi connectivity index (χ3v) is 5.27. The van der Waals surface area contributed by atoms with E-state index in [4.69, 9.17) is 4.55 Å². The molecule has 0 saturated heterocycles. The second kappa shape index (κ2) is 8.41. The summed E-state index contributed by atoms with van der Waals surface area (Å²) in [5.74, 6) is -12.6. The molecule has 0 bridgehead atoms. The van der Waals surface area contributed by atoms with Crippen molar-refractivity contribution in [1.29, 1.82) is 0 Å². The van der Waals surface area contributed by atoms with Crippen LogP contribution in [0.3, 0.4) is 0 Å². The van der Waals surface area contributed by atoms with E-state index in [1.54, 1.807) is 0 Å². The zero-order chi connectivity index (χ0) is 22.1. The van der Waals surface area contributed by atoms with E-state index in [-0.39, 0.29) is 0 Å². The van der Waals surface area contributed by atoms with Gasteiger partial charge in [-0.2, -0.15) is 8.42 Å². The number of nitrogens with one attached hydrogen (secondary N) is 1. The molecule has 10 heteroatoms. The molecular weight excluding hydrogens is 429 g/mol. The maximum Gasteiger partial charge on any atom is 0.300 e. The Bertz CT molecular complexity index is 1140. The summed E-state index contributed by atoms with van der Waals surface area (Å²) >= 11 is 0. The molecule has 0 aliphatic carbocycles. The molecule has 0 amide bonds. The minimum atomic E-state index is -5.52. The van der Waals surface area contributed by atoms with E-state index in [0.29, 0.717) is 0 Å². The highest BCUT2D eigenvalue weighted by atomic mass is 32.2. The molecular formula is C20H14F5NO3S. The van der Waals surface area contributed by atoms with Crippen LogP contribution in [0, 0.1) is 29.1 Å². The van der Waals surface area contributed by atoms with Gasteiger partial charge in [-0.05, 0) is 36.1 Å². The molecule has 1 heterocycles. The lowest BCUT2D eigenvalue weighted by Crippen LogP contribution is -2.11. The van der Waals surface area contributed by atoms with Crippen molar-refractivity contribution in [3.8, 4) is 0 Å². The average Bonchev–Trinajstić information content (AvgIpc) is 2.90. The molecule has 0 fully saturated rings. The number of halogens is 5. The number of hydrogen-bond donors (Lipinski definition) is 2. The first-order valence-electron chi connectivity index (χ1n) is 8.53. The van der Waals surface area contributed by atoms with E-state index in [1.807, 2.05) is 0 Å². The quantitative estimate of drug-likeness (QED) is 0.236. The summed E-state index contributed by atoms with van der Waals surface area (Å²) in [6.45, 7) is 0. The van der Waals surface area contributed by atoms with Crippen molar-refractivity contribution in [2.45, 2.75) is 17.7 Å². The van der Waals surface area contributed by atoms with Crippen molar-refractivity contribution >= 4 is 21.5 Å². The molecule has 0 atom stereocenters. The third-order valence-electron chi connectivity index (χ3n) is 4.40. The van der Waals surface area contributed by atoms with Gasteiger partial charge in [-0.15, -0.1) is 0 Å². The van der Waals surface area contributed by atoms with Gasteiger partial charge >= 0.3 is 10.1 Å². The fraction of sp³-hybridized carbons (Fsp3) is 0.100. The van der Waals surface area contributed by atoms with Gasteiger partial charge in [-0.1, -0.05) is 36.4 Å². The van der Waals surface area contributed by atoms with E-state index >= 15 is 0 Å². The second-order valence-corrected chi connectivity index (χ2v) is 7.67. The Kier molecular flexibility index (Phi) is 6.09. The summed E-state index contributed by atoms with van der Waals surface area (Å²) < 4.78 is 91.3. The first-order valence-corrected chi connectivity index (χ1v) is 9.97. The number of anilines is 2. The number of para-hydroxylation sites is 2. The highest BCUT2D eigenvalue weighted by Gasteiger charge is 2.32. The Hall–Kier alpha value is -2.98. The monoisotopic (exact) mass is 443 g/mol. The predicted molar refractivity (Wildman–Crippen MR) is 99.6 cm³/mol. The molecule has 0 saturated carbocycles. The molecule has 0 spiro atoms. The highest BCUT2D eigenvalue weighted by molar-refractivity contribution is 7.85. The van der Waals surface area contributed by atoms with Gasteiger partial charge in [0, 0.05) is 11.4 Å². The minimum absolute atomic E-state index is 1.13. The summed E-state index contributed by atoms with van der Waals surface area (Å²) in [7, 11) is -5.52. The molecule has 1 aliphatic rings. The number of rotatable bonds is 1. The Morgan fingerprint density at radius 1 is 0.667 bits per heavy atom. The summed E-state index contributed by atoms with van der Waals surface area (Å²) in [6.07, 6.45) is 2.25. The lowest BCUT2D eigenvalue weighted by atomic mass is 10.0. The Morgan fingerprint density at radius 3 is 1.43 bits per heavy atom. The zero-order valence-corrected chi connectivity index (χ0v) is 15.9. The zero-order valence-electron chi connectivity index (χ0n) is 15.1. The van der Waals surface area contributed by atoms with Crippen molar-refractivity contribution < 1.29 is 34.9 Å². The number of benzene rings is 3. The van der Waals surface area contributed by atoms with Crippen molar-refractivity contribution in [1.82, 2.24) is 0 Å². The molecule has 4 nitrogen and oxygen atoms in total. The maximum absolute atomic E-state index is 12.6. The third kappa shape index (κ3) is 4.29. The van der Waals surface area contributed by atoms with Crippen LogP contribution in [-0.4, -0.2) is 13.0 Å². The summed E-state index contributed by atoms with van der Waals surface area (Å²) in [4.78, 5) is -2.26. The summed E-state index contributed by atoms with van der Waals surface area (Å²) in [6, 6.07) is 17.1. The van der Waals surface area contributed by atoms with Crippen LogP contribution < -0.4 is 5.32 Å². The van der Waals surface area contributed by atoms with Gasteiger partial charge < -0.3 is 5.32 Å². The second-order valence-electron chi connectivity index (χ2n) is 6.31. The van der Waals surface area contributed by atoms with Gasteiger partial charge in [0.25, 0.3) is 0 Å². The van der Waals surface area contributed by atoms with Crippen LogP contribution in [0.1, 0.15) is 11.1 Å². The largest absolute Gasteiger partial charge is 0.355 e. The van der Waals surface area contributed by atoms with E-state index in [9.17, 15) is 30.4 Å². The lowest BCUT2D eigenvalue weighted by molar-refractivity contribution is 0.352. The summed E-state index contributed by atoms with van der Waals surface area (Å²) in [5.41, 5.74) is 5.33. The van der Waals surface area contributed by atoms with Gasteiger partial charge in [-0.25, -0.2) is 22.0 Å². The van der Waals surface area contributed by atoms with Gasteiger partial charge in [0.2, 0.25) is 5.82 Å². The van der Waals surface area contributed by atoms with Crippen molar-refractivity contribution in [3.63, 3.8) is 0 Å². The maximum atomic E-state index is 12.6. The minimum Gasteiger partial charge on any atom is -0.355 e. The van der Waals surface area contributed by atoms with E-state index in [0.717, 1.165) is 12.8 Å². The van der Waals surface area contributed by atoms with Crippen LogP contribution >= 0.6 is 0 Å². The molecule has 3 aromatic carbocycles. The smallest absolute Gasteiger partial charge is 0.300 e. The highest BCUT2D eigenvalue weighted by Crippen LogP contribution is 2.29. The Balaban J connectivity index is 0.000000171. The lowest BCUT2D eigenvalue weighted by Gasteiger charge is -2.08. The molecule has 0 unspecified atom stereocenters. The fourth-order valence-corrected chi connectivity index (χ4v) is 3.58. The van der Waals surface area contributed by atoms with Gasteiger partial charge in [0.05, 0.1) is 0 Å². The van der Waals surface area contributed by atoms with E-state index in [2.05, 4.69) is 53.8 Å². The van der Waals surface area contributed by atoms with Crippen molar-refractivity contribution in [3.05, 3.63) is 88.7 Å². The van der Waals surface area contributed by atoms with Gasteiger partial charge in [0.1, 0.15) is 0 Å². The van der Waals surface area contributed by atoms with Gasteiger partial charge in [-0.3, -0.25) is 4.55 Å². The molecule has 2 N–H and O–H groups in total. The SMILES string of the molecule is O=S(=O)(O)c1c(F)c(F)c(F)c(F)c1F.c1ccc2c(c1)CCc1ccccc1N2. The van der Waals surface area contributed by atoms with Crippen LogP contribution in [0.5, 0.6) is 0 Å². The van der Waals surface area contributed by atoms with Crippen LogP contribution in [0.4, 0.5) is 33.3 Å². The van der Waals surface area contributed by atoms with Gasteiger partial charge in [0.15, 0.2) is 28.2 Å². The standard InChI is InChI=1S/C14H13N.C6HF5O3S/c1-3-7-13-11(5-1)9-10-12-6-2-4-8-14(12)15-13;7-1-2(8)4(10)6(15(12,13)14)5(11)3(1)9/h1-8,15H,9-10H2;(H,12,13,14). The topological polar surface area (TPSA) is 66.4 Å². The van der Waals surface area contributed by atoms with Crippen molar-refractivity contribution in [2.24, 2.45) is 0 Å². The molecule has 30 heavy (non-hydrogen) atoms. The fourth-order valence-electron chi connectivity index (χ4n) is 2.95. The predicted octanol–water partition coefficient (Wildman–Crippen LogP) is 5.16. The van der Waals surface area contributed by atoms with Crippen molar-refractivity contribution in [2.75, 3.05) is 5.32 Å². The number of fused-ring (bicyclic) bond motifs is 2. The molecule has 158 valence electrons. The molecule has 4 rings (SSSR count). The normalized spacial score (nSPS) is 12.6. The average molecular weight is 443 g/mol. The Labute approximate surface area is 168 Å². The van der Waals surface area contributed by atoms with Crippen LogP contribution in [0.15, 0.2) is 53.4 Å². The van der Waals surface area contributed by atoms with Crippen LogP contribution in [0.25, 0.3) is 0 Å². The number of aryl methyl sites for hydroxylation is 2. The molecule has 1 aliphatic heterocycles. The van der Waals surface area contributed by atoms with Crippen LogP contribution in [0.2, 0.25) is 0 Å². The van der Waals surface area contributed by atoms with E-state index < -0.39 is 44.1 Å². The molecule has 0 radical (unpaired) electrons. The molecule has 0 aromatic heterocycles. The first kappa shape index (κ1) is 21.7. The number of hydrogen-bond acceptors (Lipinski definition) is 3. The van der Waals surface area contributed by atoms with Crippen LogP contribution in [-0.2, 0) is 23.0 Å². The molecule has 3 aromatic rings. The first-order chi connectivity index (χ1) is 14.1. The Morgan fingerprint density at radius 2 is 1.03 bits per heavy atom.